The van der Waals surface area contributed by atoms with Crippen molar-refractivity contribution in [2.45, 2.75) is 30.5 Å². The van der Waals surface area contributed by atoms with Gasteiger partial charge < -0.3 is 14.8 Å². The number of thioether (sulfide) groups is 1. The van der Waals surface area contributed by atoms with Crippen LogP contribution in [-0.2, 0) is 17.1 Å². The Morgan fingerprint density at radius 1 is 1.39 bits per heavy atom. The maximum Gasteiger partial charge on any atom is 0.206 e. The fourth-order valence-corrected chi connectivity index (χ4v) is 4.12. The summed E-state index contributed by atoms with van der Waals surface area (Å²) in [5.41, 5.74) is 2.06. The number of nitrogens with one attached hydrogen (secondary N) is 1. The summed E-state index contributed by atoms with van der Waals surface area (Å²) in [6, 6.07) is 3.83. The van der Waals surface area contributed by atoms with Crippen LogP contribution in [0.15, 0.2) is 16.5 Å². The van der Waals surface area contributed by atoms with Gasteiger partial charge in [-0.15, -0.1) is 10.2 Å². The molecule has 8 heteroatoms. The largest absolute Gasteiger partial charge is 0.467 e. The molecule has 5 nitrogen and oxygen atoms in total. The molecule has 23 heavy (non-hydrogen) atoms. The van der Waals surface area contributed by atoms with Crippen molar-refractivity contribution in [1.82, 2.24) is 10.2 Å². The summed E-state index contributed by atoms with van der Waals surface area (Å²) in [5.74, 6) is 2.20. The van der Waals surface area contributed by atoms with Crippen LogP contribution in [-0.4, -0.2) is 23.5 Å². The first-order valence-corrected chi connectivity index (χ1v) is 9.52. The first kappa shape index (κ1) is 16.8. The van der Waals surface area contributed by atoms with Gasteiger partial charge in [-0.1, -0.05) is 48.5 Å². The van der Waals surface area contributed by atoms with Crippen molar-refractivity contribution in [2.75, 3.05) is 18.7 Å². The zero-order chi connectivity index (χ0) is 16.2. The summed E-state index contributed by atoms with van der Waals surface area (Å²) in [4.78, 5) is 0. The molecule has 1 aliphatic heterocycles. The Morgan fingerprint density at radius 2 is 2.26 bits per heavy atom. The van der Waals surface area contributed by atoms with Gasteiger partial charge in [0.1, 0.15) is 5.75 Å². The molecular weight excluding hydrogens is 354 g/mol. The third-order valence-electron chi connectivity index (χ3n) is 3.17. The minimum absolute atomic E-state index is 0.286. The number of hydrogen-bond donors (Lipinski definition) is 1. The molecule has 0 radical (unpaired) electrons. The van der Waals surface area contributed by atoms with Gasteiger partial charge in [-0.05, 0) is 18.1 Å². The van der Waals surface area contributed by atoms with E-state index in [0.29, 0.717) is 17.5 Å². The van der Waals surface area contributed by atoms with Crippen LogP contribution < -0.4 is 10.1 Å². The van der Waals surface area contributed by atoms with E-state index in [1.165, 1.54) is 0 Å². The van der Waals surface area contributed by atoms with Crippen molar-refractivity contribution in [2.24, 2.45) is 5.92 Å². The molecule has 0 unspecified atom stereocenters. The standard InChI is InChI=1S/C15H18ClN3O2S2/c1-9(2)5-17-14-18-19-15(23-14)22-7-11-4-12(16)3-10-6-20-8-21-13(10)11/h3-4,9H,5-8H2,1-2H3,(H,17,18). The Morgan fingerprint density at radius 3 is 3.09 bits per heavy atom. The van der Waals surface area contributed by atoms with E-state index >= 15 is 0 Å². The lowest BCUT2D eigenvalue weighted by Gasteiger charge is -2.20. The Kier molecular flexibility index (Phi) is 5.63. The van der Waals surface area contributed by atoms with Crippen molar-refractivity contribution in [3.8, 4) is 5.75 Å². The number of rotatable bonds is 6. The Bertz CT molecular complexity index is 679. The van der Waals surface area contributed by atoms with E-state index in [4.69, 9.17) is 21.1 Å². The average molecular weight is 372 g/mol. The van der Waals surface area contributed by atoms with Gasteiger partial charge in [-0.3, -0.25) is 0 Å². The minimum Gasteiger partial charge on any atom is -0.467 e. The average Bonchev–Trinajstić information content (AvgIpc) is 2.98. The van der Waals surface area contributed by atoms with Crippen LogP contribution >= 0.6 is 34.7 Å². The van der Waals surface area contributed by atoms with Crippen molar-refractivity contribution < 1.29 is 9.47 Å². The van der Waals surface area contributed by atoms with Crippen LogP contribution in [0.5, 0.6) is 5.75 Å². The number of ether oxygens (including phenoxy) is 2. The second-order valence-corrected chi connectivity index (χ2v) is 8.24. The van der Waals surface area contributed by atoms with Crippen molar-refractivity contribution in [3.63, 3.8) is 0 Å². The lowest BCUT2D eigenvalue weighted by molar-refractivity contribution is -0.0168. The molecule has 1 aromatic carbocycles. The van der Waals surface area contributed by atoms with E-state index in [1.807, 2.05) is 12.1 Å². The highest BCUT2D eigenvalue weighted by Crippen LogP contribution is 2.36. The second kappa shape index (κ2) is 7.70. The molecule has 1 aromatic heterocycles. The maximum absolute atomic E-state index is 6.18. The minimum atomic E-state index is 0.286. The van der Waals surface area contributed by atoms with Gasteiger partial charge in [-0.25, -0.2) is 0 Å². The lowest BCUT2D eigenvalue weighted by atomic mass is 10.1. The van der Waals surface area contributed by atoms with Crippen LogP contribution in [0.3, 0.4) is 0 Å². The van der Waals surface area contributed by atoms with Gasteiger partial charge in [0.25, 0.3) is 0 Å². The number of halogens is 1. The molecule has 0 saturated heterocycles. The molecule has 0 fully saturated rings. The Labute approximate surface area is 148 Å². The molecule has 0 amide bonds. The normalized spacial score (nSPS) is 13.7. The van der Waals surface area contributed by atoms with E-state index in [0.717, 1.165) is 38.6 Å². The van der Waals surface area contributed by atoms with Crippen molar-refractivity contribution in [3.05, 3.63) is 28.3 Å². The highest BCUT2D eigenvalue weighted by atomic mass is 35.5. The van der Waals surface area contributed by atoms with E-state index in [-0.39, 0.29) is 6.79 Å². The monoisotopic (exact) mass is 371 g/mol. The number of hydrogen-bond acceptors (Lipinski definition) is 7. The molecule has 0 spiro atoms. The van der Waals surface area contributed by atoms with Crippen molar-refractivity contribution >= 4 is 39.8 Å². The number of nitrogens with zero attached hydrogens (tertiary/aromatic N) is 2. The molecule has 2 aromatic rings. The molecule has 0 bridgehead atoms. The quantitative estimate of drug-likeness (QED) is 0.758. The molecular formula is C15H18ClN3O2S2. The zero-order valence-electron chi connectivity index (χ0n) is 13.0. The highest BCUT2D eigenvalue weighted by Gasteiger charge is 2.17. The number of anilines is 1. The van der Waals surface area contributed by atoms with E-state index in [9.17, 15) is 0 Å². The van der Waals surface area contributed by atoms with Gasteiger partial charge in [0.05, 0.1) is 6.61 Å². The molecule has 124 valence electrons. The van der Waals surface area contributed by atoms with Crippen LogP contribution in [0, 0.1) is 5.92 Å². The molecule has 1 aliphatic rings. The Balaban J connectivity index is 1.65. The van der Waals surface area contributed by atoms with E-state index in [2.05, 4.69) is 29.4 Å². The van der Waals surface area contributed by atoms with Gasteiger partial charge in [-0.2, -0.15) is 0 Å². The number of fused-ring (bicyclic) bond motifs is 1. The molecule has 0 aliphatic carbocycles. The third kappa shape index (κ3) is 4.50. The number of benzene rings is 1. The summed E-state index contributed by atoms with van der Waals surface area (Å²) in [6.45, 7) is 6.05. The van der Waals surface area contributed by atoms with Gasteiger partial charge in [0.2, 0.25) is 5.13 Å². The van der Waals surface area contributed by atoms with Gasteiger partial charge in [0, 0.05) is 28.4 Å². The van der Waals surface area contributed by atoms with E-state index < -0.39 is 0 Å². The molecule has 0 saturated carbocycles. The van der Waals surface area contributed by atoms with Crippen molar-refractivity contribution in [1.29, 1.82) is 0 Å². The first-order chi connectivity index (χ1) is 11.1. The Hall–Kier alpha value is -1.02. The van der Waals surface area contributed by atoms with Crippen LogP contribution in [0.2, 0.25) is 5.02 Å². The highest BCUT2D eigenvalue weighted by molar-refractivity contribution is 8.00. The van der Waals surface area contributed by atoms with Crippen LogP contribution in [0.1, 0.15) is 25.0 Å². The second-order valence-electron chi connectivity index (χ2n) is 5.60. The number of aromatic nitrogens is 2. The molecule has 0 atom stereocenters. The van der Waals surface area contributed by atoms with Gasteiger partial charge >= 0.3 is 0 Å². The molecule has 2 heterocycles. The summed E-state index contributed by atoms with van der Waals surface area (Å²) in [7, 11) is 0. The summed E-state index contributed by atoms with van der Waals surface area (Å²) in [6.07, 6.45) is 0. The van der Waals surface area contributed by atoms with Crippen LogP contribution in [0.4, 0.5) is 5.13 Å². The SMILES string of the molecule is CC(C)CNc1nnc(SCc2cc(Cl)cc3c2OCOC3)s1. The fourth-order valence-electron chi connectivity index (χ4n) is 2.13. The summed E-state index contributed by atoms with van der Waals surface area (Å²) in [5, 5.41) is 13.2. The predicted molar refractivity (Wildman–Crippen MR) is 94.5 cm³/mol. The molecule has 1 N–H and O–H groups in total. The van der Waals surface area contributed by atoms with Crippen LogP contribution in [0.25, 0.3) is 0 Å². The third-order valence-corrected chi connectivity index (χ3v) is 5.45. The summed E-state index contributed by atoms with van der Waals surface area (Å²) < 4.78 is 11.9. The predicted octanol–water partition coefficient (Wildman–Crippen LogP) is 4.42. The summed E-state index contributed by atoms with van der Waals surface area (Å²) >= 11 is 9.39. The van der Waals surface area contributed by atoms with E-state index in [1.54, 1.807) is 23.1 Å². The zero-order valence-corrected chi connectivity index (χ0v) is 15.4. The fraction of sp³-hybridized carbons (Fsp3) is 0.467. The smallest absolute Gasteiger partial charge is 0.206 e. The first-order valence-electron chi connectivity index (χ1n) is 7.34. The molecule has 3 rings (SSSR count). The van der Waals surface area contributed by atoms with Gasteiger partial charge in [0.15, 0.2) is 11.1 Å². The maximum atomic E-state index is 6.18. The lowest BCUT2D eigenvalue weighted by Crippen LogP contribution is -2.12. The topological polar surface area (TPSA) is 56.3 Å².